The van der Waals surface area contributed by atoms with Crippen LogP contribution in [0.3, 0.4) is 0 Å². The maximum absolute atomic E-state index is 9.75. The molecule has 0 aliphatic rings. The van der Waals surface area contributed by atoms with E-state index < -0.39 is 0 Å². The maximum Gasteiger partial charge on any atom is 0.123 e. The van der Waals surface area contributed by atoms with E-state index in [1.54, 1.807) is 0 Å². The lowest BCUT2D eigenvalue weighted by molar-refractivity contribution is 0.462. The van der Waals surface area contributed by atoms with Crippen LogP contribution in [0.2, 0.25) is 0 Å². The number of hydrogen-bond donors (Lipinski definition) is 2. The summed E-state index contributed by atoms with van der Waals surface area (Å²) in [5.41, 5.74) is 8.52. The minimum Gasteiger partial charge on any atom is -0.507 e. The molecule has 0 aliphatic heterocycles. The van der Waals surface area contributed by atoms with Crippen molar-refractivity contribution in [2.45, 2.75) is 33.2 Å². The summed E-state index contributed by atoms with van der Waals surface area (Å²) >= 11 is 0. The zero-order chi connectivity index (χ0) is 10.0. The van der Waals surface area contributed by atoms with Crippen LogP contribution < -0.4 is 5.73 Å². The Morgan fingerprint density at radius 2 is 2.00 bits per heavy atom. The molecule has 0 bridgehead atoms. The average molecular weight is 179 g/mol. The highest BCUT2D eigenvalue weighted by molar-refractivity contribution is 5.45. The summed E-state index contributed by atoms with van der Waals surface area (Å²) in [6.07, 6.45) is 0. The molecule has 0 spiro atoms. The third-order valence-electron chi connectivity index (χ3n) is 2.35. The molecule has 0 radical (unpaired) electrons. The minimum atomic E-state index is 0.355. The number of aryl methyl sites for hydroxylation is 1. The van der Waals surface area contributed by atoms with Crippen molar-refractivity contribution in [3.8, 4) is 5.75 Å². The molecule has 0 aliphatic carbocycles. The van der Waals surface area contributed by atoms with Crippen LogP contribution in [0.1, 0.15) is 36.5 Å². The summed E-state index contributed by atoms with van der Waals surface area (Å²) in [5, 5.41) is 9.75. The second-order valence-corrected chi connectivity index (χ2v) is 3.66. The summed E-state index contributed by atoms with van der Waals surface area (Å²) in [5.74, 6) is 0.763. The quantitative estimate of drug-likeness (QED) is 0.731. The molecule has 0 heterocycles. The van der Waals surface area contributed by atoms with E-state index in [9.17, 15) is 5.11 Å². The van der Waals surface area contributed by atoms with Gasteiger partial charge in [0.05, 0.1) is 0 Å². The third-order valence-corrected chi connectivity index (χ3v) is 2.35. The van der Waals surface area contributed by atoms with E-state index in [0.717, 1.165) is 16.7 Å². The van der Waals surface area contributed by atoms with Crippen LogP contribution >= 0.6 is 0 Å². The first kappa shape index (κ1) is 10.1. The van der Waals surface area contributed by atoms with Gasteiger partial charge in [-0.05, 0) is 24.0 Å². The van der Waals surface area contributed by atoms with Gasteiger partial charge in [-0.25, -0.2) is 0 Å². The molecule has 2 heteroatoms. The zero-order valence-corrected chi connectivity index (χ0v) is 8.46. The van der Waals surface area contributed by atoms with Gasteiger partial charge in [0, 0.05) is 12.1 Å². The predicted molar refractivity (Wildman–Crippen MR) is 54.8 cm³/mol. The summed E-state index contributed by atoms with van der Waals surface area (Å²) in [7, 11) is 0. The highest BCUT2D eigenvalue weighted by Gasteiger charge is 2.10. The van der Waals surface area contributed by atoms with Crippen LogP contribution in [0.4, 0.5) is 0 Å². The third kappa shape index (κ3) is 1.83. The Kier molecular flexibility index (Phi) is 2.94. The van der Waals surface area contributed by atoms with Crippen molar-refractivity contribution in [2.24, 2.45) is 5.73 Å². The highest BCUT2D eigenvalue weighted by Crippen LogP contribution is 2.29. The van der Waals surface area contributed by atoms with E-state index in [-0.39, 0.29) is 0 Å². The van der Waals surface area contributed by atoms with E-state index in [4.69, 9.17) is 5.73 Å². The Balaban J connectivity index is 3.30. The largest absolute Gasteiger partial charge is 0.507 e. The maximum atomic E-state index is 9.75. The van der Waals surface area contributed by atoms with Gasteiger partial charge in [-0.15, -0.1) is 0 Å². The Labute approximate surface area is 79.4 Å². The summed E-state index contributed by atoms with van der Waals surface area (Å²) in [6, 6.07) is 3.98. The van der Waals surface area contributed by atoms with E-state index >= 15 is 0 Å². The lowest BCUT2D eigenvalue weighted by Gasteiger charge is -2.14. The number of phenols is 1. The van der Waals surface area contributed by atoms with E-state index in [1.165, 1.54) is 0 Å². The first-order valence-electron chi connectivity index (χ1n) is 4.59. The van der Waals surface area contributed by atoms with E-state index in [0.29, 0.717) is 18.2 Å². The van der Waals surface area contributed by atoms with Crippen LogP contribution in [-0.2, 0) is 6.54 Å². The van der Waals surface area contributed by atoms with Gasteiger partial charge in [0.2, 0.25) is 0 Å². The smallest absolute Gasteiger partial charge is 0.123 e. The fraction of sp³-hybridized carbons (Fsp3) is 0.455. The van der Waals surface area contributed by atoms with Crippen LogP contribution in [0.15, 0.2) is 12.1 Å². The normalized spacial score (nSPS) is 10.8. The molecule has 0 fully saturated rings. The lowest BCUT2D eigenvalue weighted by atomic mass is 9.94. The topological polar surface area (TPSA) is 46.2 Å². The van der Waals surface area contributed by atoms with Gasteiger partial charge in [0.25, 0.3) is 0 Å². The van der Waals surface area contributed by atoms with Crippen molar-refractivity contribution >= 4 is 0 Å². The molecule has 1 aromatic rings. The van der Waals surface area contributed by atoms with Crippen LogP contribution in [0, 0.1) is 6.92 Å². The standard InChI is InChI=1S/C11H17NO/c1-7(2)9-5-4-8(3)11(13)10(9)6-12/h4-5,7,13H,6,12H2,1-3H3. The van der Waals surface area contributed by atoms with Gasteiger partial charge < -0.3 is 10.8 Å². The predicted octanol–water partition coefficient (Wildman–Crippen LogP) is 2.28. The SMILES string of the molecule is Cc1ccc(C(C)C)c(CN)c1O. The van der Waals surface area contributed by atoms with Gasteiger partial charge in [0.15, 0.2) is 0 Å². The fourth-order valence-corrected chi connectivity index (χ4v) is 1.52. The zero-order valence-electron chi connectivity index (χ0n) is 8.46. The van der Waals surface area contributed by atoms with Gasteiger partial charge in [-0.3, -0.25) is 0 Å². The Bertz CT molecular complexity index is 305. The van der Waals surface area contributed by atoms with Crippen molar-refractivity contribution in [1.82, 2.24) is 0 Å². The Morgan fingerprint density at radius 3 is 2.46 bits per heavy atom. The summed E-state index contributed by atoms with van der Waals surface area (Å²) < 4.78 is 0. The second-order valence-electron chi connectivity index (χ2n) is 3.66. The summed E-state index contributed by atoms with van der Waals surface area (Å²) in [4.78, 5) is 0. The molecule has 72 valence electrons. The highest BCUT2D eigenvalue weighted by atomic mass is 16.3. The van der Waals surface area contributed by atoms with Crippen molar-refractivity contribution in [3.63, 3.8) is 0 Å². The lowest BCUT2D eigenvalue weighted by Crippen LogP contribution is -2.04. The van der Waals surface area contributed by atoms with Crippen molar-refractivity contribution in [1.29, 1.82) is 0 Å². The van der Waals surface area contributed by atoms with E-state index in [2.05, 4.69) is 13.8 Å². The monoisotopic (exact) mass is 179 g/mol. The molecule has 0 unspecified atom stereocenters. The van der Waals surface area contributed by atoms with Crippen LogP contribution in [0.5, 0.6) is 5.75 Å². The number of benzene rings is 1. The molecule has 0 saturated heterocycles. The molecule has 1 aromatic carbocycles. The molecule has 2 nitrogen and oxygen atoms in total. The molecular weight excluding hydrogens is 162 g/mol. The fourth-order valence-electron chi connectivity index (χ4n) is 1.52. The first-order valence-corrected chi connectivity index (χ1v) is 4.59. The molecule has 3 N–H and O–H groups in total. The molecule has 1 rings (SSSR count). The average Bonchev–Trinajstić information content (AvgIpc) is 2.09. The van der Waals surface area contributed by atoms with Crippen LogP contribution in [-0.4, -0.2) is 5.11 Å². The van der Waals surface area contributed by atoms with Crippen LogP contribution in [0.25, 0.3) is 0 Å². The van der Waals surface area contributed by atoms with Crippen molar-refractivity contribution < 1.29 is 5.11 Å². The Hall–Kier alpha value is -1.02. The molecular formula is C11H17NO. The number of rotatable bonds is 2. The number of nitrogens with two attached hydrogens (primary N) is 1. The second kappa shape index (κ2) is 3.79. The molecule has 0 amide bonds. The van der Waals surface area contributed by atoms with E-state index in [1.807, 2.05) is 19.1 Å². The Morgan fingerprint density at radius 1 is 1.38 bits per heavy atom. The number of hydrogen-bond acceptors (Lipinski definition) is 2. The molecule has 13 heavy (non-hydrogen) atoms. The number of phenolic OH excluding ortho intramolecular Hbond substituents is 1. The van der Waals surface area contributed by atoms with Gasteiger partial charge in [0.1, 0.15) is 5.75 Å². The van der Waals surface area contributed by atoms with Gasteiger partial charge in [-0.2, -0.15) is 0 Å². The number of aromatic hydroxyl groups is 1. The van der Waals surface area contributed by atoms with Gasteiger partial charge in [-0.1, -0.05) is 26.0 Å². The van der Waals surface area contributed by atoms with Crippen molar-refractivity contribution in [3.05, 3.63) is 28.8 Å². The summed E-state index contributed by atoms with van der Waals surface area (Å²) in [6.45, 7) is 6.49. The van der Waals surface area contributed by atoms with Gasteiger partial charge >= 0.3 is 0 Å². The molecule has 0 aromatic heterocycles. The minimum absolute atomic E-state index is 0.355. The molecule has 0 atom stereocenters. The van der Waals surface area contributed by atoms with Crippen molar-refractivity contribution in [2.75, 3.05) is 0 Å². The molecule has 0 saturated carbocycles. The first-order chi connectivity index (χ1) is 6.07.